The molecule has 1 aliphatic carbocycles. The van der Waals surface area contributed by atoms with Crippen LogP contribution in [-0.2, 0) is 6.42 Å². The molecular weight excluding hydrogens is 649 g/mol. The number of aromatic nitrogens is 1. The Morgan fingerprint density at radius 2 is 1.63 bits per heavy atom. The van der Waals surface area contributed by atoms with E-state index in [1.807, 2.05) is 39.1 Å². The van der Waals surface area contributed by atoms with E-state index in [2.05, 4.69) is 134 Å². The van der Waals surface area contributed by atoms with E-state index in [1.165, 1.54) is 90.3 Å². The summed E-state index contributed by atoms with van der Waals surface area (Å²) in [5.41, 5.74) is 11.7. The maximum absolute atomic E-state index is 4.82. The average molecular weight is 729 g/mol. The van der Waals surface area contributed by atoms with E-state index in [9.17, 15) is 0 Å². The summed E-state index contributed by atoms with van der Waals surface area (Å²) in [6.45, 7) is 36.0. The number of allylic oxidation sites excluding steroid dienone is 6. The molecule has 1 saturated carbocycles. The second-order valence-electron chi connectivity index (χ2n) is 14.3. The van der Waals surface area contributed by atoms with E-state index in [0.717, 1.165) is 29.4 Å². The fraction of sp³-hybridized carbons (Fsp3) is 0.510. The number of aryl methyl sites for hydroxylation is 3. The van der Waals surface area contributed by atoms with Crippen molar-refractivity contribution in [2.24, 2.45) is 17.8 Å². The van der Waals surface area contributed by atoms with E-state index < -0.39 is 0 Å². The number of benzene rings is 1. The van der Waals surface area contributed by atoms with Crippen LogP contribution < -0.4 is 5.32 Å². The van der Waals surface area contributed by atoms with Gasteiger partial charge >= 0.3 is 0 Å². The van der Waals surface area contributed by atoms with Gasteiger partial charge in [-0.1, -0.05) is 152 Å². The lowest BCUT2D eigenvalue weighted by Crippen LogP contribution is -2.18. The quantitative estimate of drug-likeness (QED) is 0.0907. The molecular formula is C49H80N2S. The van der Waals surface area contributed by atoms with Gasteiger partial charge in [0.05, 0.1) is 0 Å². The van der Waals surface area contributed by atoms with E-state index >= 15 is 0 Å². The molecule has 1 aromatic carbocycles. The Bertz CT molecular complexity index is 1410. The molecule has 1 heterocycles. The zero-order valence-corrected chi connectivity index (χ0v) is 35.4. The summed E-state index contributed by atoms with van der Waals surface area (Å²) in [6, 6.07) is 10.4. The zero-order valence-electron chi connectivity index (χ0n) is 34.6. The molecule has 2 aromatic rings. The number of pyridine rings is 1. The second kappa shape index (κ2) is 30.2. The normalized spacial score (nSPS) is 15.0. The standard InChI is InChI=1S/C32H48N2.C9H10.C5H10S.C2H6.CH4.H2/c1-8-11-27(6)32(24(2)3)28(7)34-21-18-25(4)22-30-14-9-12-29(16-17-30)13-10-15-31-23-33-20-19-26(31)5;1-3-9-6-4-8(2)5-7-9;1-4(2)5(3)6;1-2;;/h8,11,19-20,22-23,25,29,34H,1,7,9-10,12-18,21H2,2-6H3;3-7H,1H2,2H3;4H,1-3H3;1-2H3;1H4;1H/b27-11-,30-22+;;;;;. The maximum Gasteiger partial charge on any atom is 0.0342 e. The van der Waals surface area contributed by atoms with Crippen LogP contribution in [0.2, 0.25) is 0 Å². The van der Waals surface area contributed by atoms with Crippen molar-refractivity contribution in [3.63, 3.8) is 0 Å². The third-order valence-corrected chi connectivity index (χ3v) is 9.81. The van der Waals surface area contributed by atoms with Crippen molar-refractivity contribution in [3.8, 4) is 0 Å². The van der Waals surface area contributed by atoms with Crippen LogP contribution in [0.4, 0.5) is 0 Å². The van der Waals surface area contributed by atoms with Gasteiger partial charge in [0.15, 0.2) is 0 Å². The molecule has 0 spiro atoms. The number of nitrogens with zero attached hydrogens (tertiary/aromatic N) is 1. The van der Waals surface area contributed by atoms with E-state index in [1.54, 1.807) is 5.57 Å². The molecule has 1 fully saturated rings. The third kappa shape index (κ3) is 22.6. The molecule has 1 aliphatic rings. The Labute approximate surface area is 330 Å². The van der Waals surface area contributed by atoms with Gasteiger partial charge in [-0.05, 0) is 143 Å². The summed E-state index contributed by atoms with van der Waals surface area (Å²) < 4.78 is 0. The molecule has 1 N–H and O–H groups in total. The number of hydrogen-bond acceptors (Lipinski definition) is 3. The van der Waals surface area contributed by atoms with Gasteiger partial charge in [0.1, 0.15) is 0 Å². The van der Waals surface area contributed by atoms with Gasteiger partial charge in [0, 0.05) is 26.1 Å². The van der Waals surface area contributed by atoms with E-state index in [0.29, 0.717) is 11.8 Å². The highest BCUT2D eigenvalue weighted by molar-refractivity contribution is 7.80. The van der Waals surface area contributed by atoms with Gasteiger partial charge in [0.25, 0.3) is 0 Å². The summed E-state index contributed by atoms with van der Waals surface area (Å²) in [5.74, 6) is 2.07. The van der Waals surface area contributed by atoms with Gasteiger partial charge in [-0.15, -0.1) is 0 Å². The summed E-state index contributed by atoms with van der Waals surface area (Å²) >= 11 is 4.82. The number of rotatable bonds is 14. The van der Waals surface area contributed by atoms with Gasteiger partial charge in [-0.3, -0.25) is 4.98 Å². The fourth-order valence-electron chi connectivity index (χ4n) is 5.99. The first-order chi connectivity index (χ1) is 24.3. The summed E-state index contributed by atoms with van der Waals surface area (Å²) in [6.07, 6.45) is 23.9. The SMILES string of the molecule is C.C=C/C=C(/C)C(C(=C)NCCC(C)/C=C1\CCCC(CCCc2cnccc2C)CC1)=C(C)C.C=Cc1ccc(C)cc1.CC.CC(=S)C(C)C.[HH]. The van der Waals surface area contributed by atoms with Crippen LogP contribution in [0.1, 0.15) is 145 Å². The molecule has 3 heteroatoms. The van der Waals surface area contributed by atoms with Gasteiger partial charge in [0.2, 0.25) is 0 Å². The Kier molecular flexibility index (Phi) is 29.5. The minimum atomic E-state index is 0. The summed E-state index contributed by atoms with van der Waals surface area (Å²) in [4.78, 5) is 5.39. The monoisotopic (exact) mass is 729 g/mol. The lowest BCUT2D eigenvalue weighted by molar-refractivity contribution is 0.417. The van der Waals surface area contributed by atoms with Crippen LogP contribution in [0.15, 0.2) is 109 Å². The van der Waals surface area contributed by atoms with Crippen LogP contribution in [-0.4, -0.2) is 16.4 Å². The van der Waals surface area contributed by atoms with Crippen molar-refractivity contribution in [1.29, 1.82) is 0 Å². The van der Waals surface area contributed by atoms with Crippen LogP contribution >= 0.6 is 12.2 Å². The van der Waals surface area contributed by atoms with Crippen molar-refractivity contribution in [2.75, 3.05) is 6.54 Å². The van der Waals surface area contributed by atoms with Crippen LogP contribution in [0.3, 0.4) is 0 Å². The number of hydrogen-bond donors (Lipinski definition) is 1. The maximum atomic E-state index is 4.82. The molecule has 292 valence electrons. The van der Waals surface area contributed by atoms with Gasteiger partial charge < -0.3 is 5.32 Å². The molecule has 1 aromatic heterocycles. The van der Waals surface area contributed by atoms with Gasteiger partial charge in [-0.2, -0.15) is 0 Å². The highest BCUT2D eigenvalue weighted by atomic mass is 32.1. The highest BCUT2D eigenvalue weighted by Crippen LogP contribution is 2.31. The predicted molar refractivity (Wildman–Crippen MR) is 244 cm³/mol. The molecule has 0 radical (unpaired) electrons. The third-order valence-electron chi connectivity index (χ3n) is 9.34. The van der Waals surface area contributed by atoms with Crippen LogP contribution in [0, 0.1) is 31.6 Å². The Morgan fingerprint density at radius 3 is 2.17 bits per heavy atom. The van der Waals surface area contributed by atoms with Crippen molar-refractivity contribution in [2.45, 2.75) is 141 Å². The Balaban J connectivity index is -0.00000109. The average Bonchev–Trinajstić information content (AvgIpc) is 3.32. The van der Waals surface area contributed by atoms with Crippen molar-refractivity contribution in [3.05, 3.63) is 131 Å². The fourth-order valence-corrected chi connectivity index (χ4v) is 5.99. The highest BCUT2D eigenvalue weighted by Gasteiger charge is 2.16. The largest absolute Gasteiger partial charge is 0.385 e. The number of nitrogens with one attached hydrogen (secondary N) is 1. The minimum absolute atomic E-state index is 0. The van der Waals surface area contributed by atoms with E-state index in [-0.39, 0.29) is 8.85 Å². The lowest BCUT2D eigenvalue weighted by Gasteiger charge is -2.17. The first kappa shape index (κ1) is 50.8. The molecule has 0 amide bonds. The van der Waals surface area contributed by atoms with Crippen LogP contribution in [0.25, 0.3) is 6.08 Å². The Hall–Kier alpha value is -3.30. The van der Waals surface area contributed by atoms with E-state index in [4.69, 9.17) is 12.2 Å². The van der Waals surface area contributed by atoms with Gasteiger partial charge in [-0.25, -0.2) is 0 Å². The second-order valence-corrected chi connectivity index (χ2v) is 15.0. The molecule has 0 saturated heterocycles. The molecule has 3 rings (SSSR count). The number of thiocarbonyl (C=S) groups is 1. The Morgan fingerprint density at radius 1 is 1.00 bits per heavy atom. The van der Waals surface area contributed by atoms with Crippen molar-refractivity contribution >= 4 is 23.2 Å². The molecule has 52 heavy (non-hydrogen) atoms. The molecule has 2 nitrogen and oxygen atoms in total. The first-order valence-electron chi connectivity index (χ1n) is 19.5. The zero-order chi connectivity index (χ0) is 38.8. The molecule has 0 aliphatic heterocycles. The van der Waals surface area contributed by atoms with Crippen LogP contribution in [0.5, 0.6) is 0 Å². The smallest absolute Gasteiger partial charge is 0.0342 e. The predicted octanol–water partition coefficient (Wildman–Crippen LogP) is 15.4. The van der Waals surface area contributed by atoms with Crippen molar-refractivity contribution < 1.29 is 1.43 Å². The lowest BCUT2D eigenvalue weighted by atomic mass is 9.92. The first-order valence-corrected chi connectivity index (χ1v) is 19.9. The summed E-state index contributed by atoms with van der Waals surface area (Å²) in [5, 5.41) is 3.57. The topological polar surface area (TPSA) is 24.9 Å². The molecule has 0 bridgehead atoms. The molecule has 2 unspecified atom stereocenters. The summed E-state index contributed by atoms with van der Waals surface area (Å²) in [7, 11) is 0. The van der Waals surface area contributed by atoms with Crippen molar-refractivity contribution in [1.82, 2.24) is 10.3 Å². The molecule has 2 atom stereocenters. The minimum Gasteiger partial charge on any atom is -0.385 e.